The van der Waals surface area contributed by atoms with Crippen molar-refractivity contribution in [2.45, 2.75) is 38.6 Å². The largest absolute Gasteiger partial charge is 0.336 e. The highest BCUT2D eigenvalue weighted by Crippen LogP contribution is 2.22. The molecule has 0 aromatic heterocycles. The number of aryl methyl sites for hydroxylation is 2. The molecule has 32 heavy (non-hydrogen) atoms. The molecule has 2 aromatic carbocycles. The number of hydrogen-bond donors (Lipinski definition) is 1. The minimum absolute atomic E-state index is 0.0509. The van der Waals surface area contributed by atoms with Crippen molar-refractivity contribution >= 4 is 21.6 Å². The molecule has 0 spiro atoms. The molecule has 1 unspecified atom stereocenters. The van der Waals surface area contributed by atoms with Crippen LogP contribution in [0.4, 0.5) is 5.69 Å². The van der Waals surface area contributed by atoms with Crippen molar-refractivity contribution in [1.29, 1.82) is 5.26 Å². The molecule has 1 saturated heterocycles. The molecule has 1 aliphatic rings. The quantitative estimate of drug-likeness (QED) is 0.722. The standard InChI is InChI=1S/C24H30N4O3S/c1-17(2)23(16-25)27-11-13-28(14-12-27)24(29)22-15-21(10-7-19(22)4)32(30,31)26-20-8-5-18(3)6-9-20/h5-10,15,17,23,26H,11-14H2,1-4H3. The van der Waals surface area contributed by atoms with Gasteiger partial charge in [0.05, 0.1) is 11.0 Å². The lowest BCUT2D eigenvalue weighted by atomic mass is 10.0. The summed E-state index contributed by atoms with van der Waals surface area (Å²) in [6, 6.07) is 13.9. The third-order valence-electron chi connectivity index (χ3n) is 5.81. The van der Waals surface area contributed by atoms with Crippen molar-refractivity contribution in [1.82, 2.24) is 9.80 Å². The SMILES string of the molecule is Cc1ccc(NS(=O)(=O)c2ccc(C)c(C(=O)N3CCN(C(C#N)C(C)C)CC3)c2)cc1. The Labute approximate surface area is 190 Å². The average Bonchev–Trinajstić information content (AvgIpc) is 2.75. The number of amides is 1. The summed E-state index contributed by atoms with van der Waals surface area (Å²) in [5.41, 5.74) is 2.61. The summed E-state index contributed by atoms with van der Waals surface area (Å²) in [4.78, 5) is 17.1. The van der Waals surface area contributed by atoms with Gasteiger partial charge in [-0.2, -0.15) is 5.26 Å². The summed E-state index contributed by atoms with van der Waals surface area (Å²) in [5.74, 6) is 0.0278. The molecule has 1 heterocycles. The zero-order valence-corrected chi connectivity index (χ0v) is 19.8. The molecular weight excluding hydrogens is 424 g/mol. The molecule has 8 heteroatoms. The lowest BCUT2D eigenvalue weighted by Gasteiger charge is -2.38. The van der Waals surface area contributed by atoms with Gasteiger partial charge in [0.25, 0.3) is 15.9 Å². The Bertz CT molecular complexity index is 1110. The zero-order chi connectivity index (χ0) is 23.5. The molecule has 0 bridgehead atoms. The topological polar surface area (TPSA) is 93.5 Å². The van der Waals surface area contributed by atoms with E-state index < -0.39 is 10.0 Å². The Balaban J connectivity index is 1.76. The molecule has 170 valence electrons. The second-order valence-corrected chi connectivity index (χ2v) is 10.3. The predicted molar refractivity (Wildman–Crippen MR) is 125 cm³/mol. The second kappa shape index (κ2) is 9.72. The fraction of sp³-hybridized carbons (Fsp3) is 0.417. The lowest BCUT2D eigenvalue weighted by molar-refractivity contribution is 0.0576. The molecule has 7 nitrogen and oxygen atoms in total. The van der Waals surface area contributed by atoms with Gasteiger partial charge in [0.1, 0.15) is 6.04 Å². The van der Waals surface area contributed by atoms with Gasteiger partial charge in [-0.25, -0.2) is 8.42 Å². The van der Waals surface area contributed by atoms with Gasteiger partial charge >= 0.3 is 0 Å². The monoisotopic (exact) mass is 454 g/mol. The Morgan fingerprint density at radius 2 is 1.66 bits per heavy atom. The van der Waals surface area contributed by atoms with Crippen LogP contribution in [0.25, 0.3) is 0 Å². The Kier molecular flexibility index (Phi) is 7.22. The maximum Gasteiger partial charge on any atom is 0.261 e. The lowest BCUT2D eigenvalue weighted by Crippen LogP contribution is -2.52. The van der Waals surface area contributed by atoms with E-state index in [-0.39, 0.29) is 22.8 Å². The average molecular weight is 455 g/mol. The van der Waals surface area contributed by atoms with Gasteiger partial charge in [-0.1, -0.05) is 37.6 Å². The maximum absolute atomic E-state index is 13.2. The maximum atomic E-state index is 13.2. The first kappa shape index (κ1) is 23.8. The number of sulfonamides is 1. The predicted octanol–water partition coefficient (Wildman–Crippen LogP) is 3.41. The highest BCUT2D eigenvalue weighted by molar-refractivity contribution is 7.92. The Morgan fingerprint density at radius 3 is 2.22 bits per heavy atom. The number of carbonyl (C=O) groups is 1. The van der Waals surface area contributed by atoms with Crippen LogP contribution in [0.3, 0.4) is 0 Å². The van der Waals surface area contributed by atoms with Gasteiger partial charge in [-0.3, -0.25) is 14.4 Å². The van der Waals surface area contributed by atoms with Crippen molar-refractivity contribution in [2.24, 2.45) is 5.92 Å². The van der Waals surface area contributed by atoms with Crippen LogP contribution in [0.1, 0.15) is 35.3 Å². The van der Waals surface area contributed by atoms with Gasteiger partial charge in [0.15, 0.2) is 0 Å². The number of nitrogens with one attached hydrogen (secondary N) is 1. The van der Waals surface area contributed by atoms with Gasteiger partial charge in [0, 0.05) is 37.4 Å². The van der Waals surface area contributed by atoms with Crippen molar-refractivity contribution in [2.75, 3.05) is 30.9 Å². The fourth-order valence-electron chi connectivity index (χ4n) is 3.86. The smallest absolute Gasteiger partial charge is 0.261 e. The number of nitriles is 1. The molecule has 1 N–H and O–H groups in total. The second-order valence-electron chi connectivity index (χ2n) is 8.59. The van der Waals surface area contributed by atoms with E-state index in [2.05, 4.69) is 15.7 Å². The van der Waals surface area contributed by atoms with Crippen LogP contribution in [0.5, 0.6) is 0 Å². The van der Waals surface area contributed by atoms with Crippen molar-refractivity contribution in [3.8, 4) is 6.07 Å². The van der Waals surface area contributed by atoms with Gasteiger partial charge in [-0.05, 0) is 49.6 Å². The van der Waals surface area contributed by atoms with E-state index in [4.69, 9.17) is 0 Å². The first-order chi connectivity index (χ1) is 15.1. The van der Waals surface area contributed by atoms with E-state index in [1.54, 1.807) is 30.0 Å². The molecule has 2 aromatic rings. The molecule has 1 aliphatic heterocycles. The molecule has 0 radical (unpaired) electrons. The van der Waals surface area contributed by atoms with Crippen molar-refractivity contribution < 1.29 is 13.2 Å². The molecule has 1 fully saturated rings. The molecule has 0 aliphatic carbocycles. The number of carbonyl (C=O) groups excluding carboxylic acids is 1. The molecule has 3 rings (SSSR count). The Morgan fingerprint density at radius 1 is 1.03 bits per heavy atom. The van der Waals surface area contributed by atoms with Crippen molar-refractivity contribution in [3.63, 3.8) is 0 Å². The number of hydrogen-bond acceptors (Lipinski definition) is 5. The van der Waals surface area contributed by atoms with Gasteiger partial charge in [-0.15, -0.1) is 0 Å². The minimum Gasteiger partial charge on any atom is -0.336 e. The van der Waals surface area contributed by atoms with Crippen LogP contribution < -0.4 is 4.72 Å². The minimum atomic E-state index is -3.83. The summed E-state index contributed by atoms with van der Waals surface area (Å²) in [6.07, 6.45) is 0. The summed E-state index contributed by atoms with van der Waals surface area (Å²) >= 11 is 0. The van der Waals surface area contributed by atoms with Crippen LogP contribution in [-0.4, -0.2) is 56.3 Å². The number of rotatable bonds is 6. The summed E-state index contributed by atoms with van der Waals surface area (Å²) in [6.45, 7) is 10.0. The zero-order valence-electron chi connectivity index (χ0n) is 19.0. The molecule has 1 atom stereocenters. The highest BCUT2D eigenvalue weighted by Gasteiger charge is 2.29. The van der Waals surface area contributed by atoms with E-state index in [0.717, 1.165) is 11.1 Å². The van der Waals surface area contributed by atoms with E-state index in [1.165, 1.54) is 12.1 Å². The number of nitrogens with zero attached hydrogens (tertiary/aromatic N) is 3. The molecule has 1 amide bonds. The van der Waals surface area contributed by atoms with E-state index >= 15 is 0 Å². The summed E-state index contributed by atoms with van der Waals surface area (Å²) in [7, 11) is -3.83. The number of anilines is 1. The normalized spacial score (nSPS) is 15.9. The van der Waals surface area contributed by atoms with E-state index in [9.17, 15) is 18.5 Å². The molecule has 0 saturated carbocycles. The van der Waals surface area contributed by atoms with E-state index in [0.29, 0.717) is 37.4 Å². The number of benzene rings is 2. The fourth-order valence-corrected chi connectivity index (χ4v) is 4.94. The number of piperazine rings is 1. The summed E-state index contributed by atoms with van der Waals surface area (Å²) < 4.78 is 28.4. The van der Waals surface area contributed by atoms with Crippen LogP contribution >= 0.6 is 0 Å². The summed E-state index contributed by atoms with van der Waals surface area (Å²) in [5, 5.41) is 9.43. The Hall–Kier alpha value is -2.89. The first-order valence-corrected chi connectivity index (χ1v) is 12.2. The van der Waals surface area contributed by atoms with Gasteiger partial charge < -0.3 is 4.90 Å². The first-order valence-electron chi connectivity index (χ1n) is 10.8. The van der Waals surface area contributed by atoms with Crippen molar-refractivity contribution in [3.05, 3.63) is 59.2 Å². The van der Waals surface area contributed by atoms with Crippen LogP contribution in [0.15, 0.2) is 47.4 Å². The molecular formula is C24H30N4O3S. The van der Waals surface area contributed by atoms with Crippen LogP contribution in [0, 0.1) is 31.1 Å². The van der Waals surface area contributed by atoms with Gasteiger partial charge in [0.2, 0.25) is 0 Å². The van der Waals surface area contributed by atoms with Crippen LogP contribution in [0.2, 0.25) is 0 Å². The van der Waals surface area contributed by atoms with E-state index in [1.807, 2.05) is 32.9 Å². The van der Waals surface area contributed by atoms with Crippen LogP contribution in [-0.2, 0) is 10.0 Å². The third kappa shape index (κ3) is 5.29. The third-order valence-corrected chi connectivity index (χ3v) is 7.19. The highest BCUT2D eigenvalue weighted by atomic mass is 32.2.